The highest BCUT2D eigenvalue weighted by Crippen LogP contribution is 2.33. The molecule has 2 aromatic carbocycles. The van der Waals surface area contributed by atoms with Crippen LogP contribution < -0.4 is 9.47 Å². The van der Waals surface area contributed by atoms with Crippen LogP contribution in [-0.2, 0) is 0 Å². The third-order valence-corrected chi connectivity index (χ3v) is 4.89. The Balaban J connectivity index is 1.38. The Morgan fingerprint density at radius 2 is 1.81 bits per heavy atom. The van der Waals surface area contributed by atoms with Gasteiger partial charge in [0.15, 0.2) is 11.5 Å². The lowest BCUT2D eigenvalue weighted by Gasteiger charge is -2.29. The molecule has 1 atom stereocenters. The van der Waals surface area contributed by atoms with Gasteiger partial charge in [-0.15, -0.1) is 0 Å². The van der Waals surface area contributed by atoms with E-state index in [4.69, 9.17) is 9.47 Å². The number of β-amino-alcohol motifs (C(OH)–C–C–N with tert-alkyl or cyclic N) is 1. The lowest BCUT2D eigenvalue weighted by molar-refractivity contribution is 0.118. The lowest BCUT2D eigenvalue weighted by atomic mass is 9.99. The number of nitrogens with zero attached hydrogens (tertiary/aromatic N) is 1. The minimum Gasteiger partial charge on any atom is -0.486 e. The predicted molar refractivity (Wildman–Crippen MR) is 97.8 cm³/mol. The quantitative estimate of drug-likeness (QED) is 0.913. The molecule has 0 aliphatic carbocycles. The minimum atomic E-state index is -0.577. The molecule has 2 aromatic rings. The zero-order valence-corrected chi connectivity index (χ0v) is 14.5. The number of hydrogen-bond donors (Lipinski definition) is 1. The summed E-state index contributed by atoms with van der Waals surface area (Å²) < 4.78 is 24.2. The molecule has 26 heavy (non-hydrogen) atoms. The average molecular weight is 355 g/mol. The van der Waals surface area contributed by atoms with E-state index in [9.17, 15) is 9.50 Å². The maximum atomic E-state index is 13.1. The molecule has 0 amide bonds. The Hall–Kier alpha value is -2.37. The van der Waals surface area contributed by atoms with Crippen LogP contribution in [-0.4, -0.2) is 42.9 Å². The lowest BCUT2D eigenvalue weighted by Crippen LogP contribution is -2.32. The normalized spacial score (nSPS) is 18.3. The van der Waals surface area contributed by atoms with Gasteiger partial charge in [0, 0.05) is 19.6 Å². The molecular weight excluding hydrogens is 333 g/mol. The van der Waals surface area contributed by atoms with Gasteiger partial charge < -0.3 is 14.6 Å². The molecule has 2 heterocycles. The first-order chi connectivity index (χ1) is 12.7. The standard InChI is InChI=1S/C21H22FNO3/c22-18-4-1-15(2-5-18)16-7-9-23(10-8-16)14-19(24)17-3-6-20-21(13-17)26-12-11-25-20/h1-7,13,19,24H,8-12,14H2. The molecule has 4 rings (SSSR count). The summed E-state index contributed by atoms with van der Waals surface area (Å²) in [5.41, 5.74) is 3.14. The number of halogens is 1. The van der Waals surface area contributed by atoms with E-state index in [1.165, 1.54) is 17.7 Å². The molecule has 0 radical (unpaired) electrons. The minimum absolute atomic E-state index is 0.214. The van der Waals surface area contributed by atoms with Gasteiger partial charge in [-0.05, 0) is 47.4 Å². The van der Waals surface area contributed by atoms with Crippen molar-refractivity contribution in [2.45, 2.75) is 12.5 Å². The largest absolute Gasteiger partial charge is 0.486 e. The third-order valence-electron chi connectivity index (χ3n) is 4.89. The second-order valence-electron chi connectivity index (χ2n) is 6.66. The van der Waals surface area contributed by atoms with Crippen LogP contribution in [0.2, 0.25) is 0 Å². The van der Waals surface area contributed by atoms with Crippen LogP contribution in [0.5, 0.6) is 11.5 Å². The van der Waals surface area contributed by atoms with Gasteiger partial charge in [0.1, 0.15) is 19.0 Å². The summed E-state index contributed by atoms with van der Waals surface area (Å²) in [6.07, 6.45) is 2.47. The summed E-state index contributed by atoms with van der Waals surface area (Å²) in [4.78, 5) is 2.22. The van der Waals surface area contributed by atoms with Crippen molar-refractivity contribution in [3.8, 4) is 11.5 Å². The van der Waals surface area contributed by atoms with Crippen molar-refractivity contribution in [1.82, 2.24) is 4.90 Å². The van der Waals surface area contributed by atoms with Gasteiger partial charge in [-0.2, -0.15) is 0 Å². The Bertz CT molecular complexity index is 803. The van der Waals surface area contributed by atoms with Gasteiger partial charge >= 0.3 is 0 Å². The van der Waals surface area contributed by atoms with Gasteiger partial charge in [0.2, 0.25) is 0 Å². The predicted octanol–water partition coefficient (Wildman–Crippen LogP) is 3.42. The van der Waals surface area contributed by atoms with Crippen LogP contribution >= 0.6 is 0 Å². The van der Waals surface area contributed by atoms with Gasteiger partial charge in [0.05, 0.1) is 6.10 Å². The first-order valence-corrected chi connectivity index (χ1v) is 8.94. The summed E-state index contributed by atoms with van der Waals surface area (Å²) in [5.74, 6) is 1.22. The number of ether oxygens (including phenoxy) is 2. The third kappa shape index (κ3) is 3.74. The molecule has 1 unspecified atom stereocenters. The zero-order chi connectivity index (χ0) is 17.9. The molecule has 2 aliphatic heterocycles. The van der Waals surface area contributed by atoms with Crippen LogP contribution in [0.1, 0.15) is 23.7 Å². The first-order valence-electron chi connectivity index (χ1n) is 8.94. The zero-order valence-electron chi connectivity index (χ0n) is 14.5. The molecule has 0 saturated heterocycles. The SMILES string of the molecule is OC(CN1CC=C(c2ccc(F)cc2)CC1)c1ccc2c(c1)OCCO2. The summed E-state index contributed by atoms with van der Waals surface area (Å²) in [6, 6.07) is 12.2. The molecule has 0 saturated carbocycles. The molecule has 136 valence electrons. The fourth-order valence-electron chi connectivity index (χ4n) is 3.42. The molecule has 0 bridgehead atoms. The summed E-state index contributed by atoms with van der Waals surface area (Å²) >= 11 is 0. The monoisotopic (exact) mass is 355 g/mol. The molecular formula is C21H22FNO3. The van der Waals surface area contributed by atoms with Gasteiger partial charge in [-0.3, -0.25) is 4.90 Å². The number of rotatable bonds is 4. The van der Waals surface area contributed by atoms with Crippen molar-refractivity contribution in [3.63, 3.8) is 0 Å². The molecule has 0 aromatic heterocycles. The van der Waals surface area contributed by atoms with E-state index >= 15 is 0 Å². The Morgan fingerprint density at radius 3 is 2.54 bits per heavy atom. The van der Waals surface area contributed by atoms with Crippen molar-refractivity contribution >= 4 is 5.57 Å². The fourth-order valence-corrected chi connectivity index (χ4v) is 3.42. The van der Waals surface area contributed by atoms with E-state index in [2.05, 4.69) is 11.0 Å². The number of fused-ring (bicyclic) bond motifs is 1. The van der Waals surface area contributed by atoms with E-state index in [1.807, 2.05) is 30.3 Å². The highest BCUT2D eigenvalue weighted by molar-refractivity contribution is 5.66. The average Bonchev–Trinajstić information content (AvgIpc) is 2.69. The van der Waals surface area contributed by atoms with E-state index in [0.29, 0.717) is 25.5 Å². The molecule has 0 spiro atoms. The maximum absolute atomic E-state index is 13.1. The Kier molecular flexibility index (Phi) is 4.91. The smallest absolute Gasteiger partial charge is 0.161 e. The van der Waals surface area contributed by atoms with Gasteiger partial charge in [-0.1, -0.05) is 24.3 Å². The van der Waals surface area contributed by atoms with E-state index in [-0.39, 0.29) is 5.82 Å². The van der Waals surface area contributed by atoms with E-state index < -0.39 is 6.10 Å². The molecule has 5 heteroatoms. The molecule has 0 fully saturated rings. The van der Waals surface area contributed by atoms with Crippen LogP contribution in [0.3, 0.4) is 0 Å². The molecule has 4 nitrogen and oxygen atoms in total. The van der Waals surface area contributed by atoms with Crippen LogP contribution in [0.25, 0.3) is 5.57 Å². The summed E-state index contributed by atoms with van der Waals surface area (Å²) in [6.45, 7) is 3.30. The Morgan fingerprint density at radius 1 is 1.04 bits per heavy atom. The molecule has 1 N–H and O–H groups in total. The highest BCUT2D eigenvalue weighted by Gasteiger charge is 2.19. The second kappa shape index (κ2) is 7.48. The molecule has 2 aliphatic rings. The Labute approximate surface area is 152 Å². The summed E-state index contributed by atoms with van der Waals surface area (Å²) in [5, 5.41) is 10.6. The summed E-state index contributed by atoms with van der Waals surface area (Å²) in [7, 11) is 0. The van der Waals surface area contributed by atoms with Crippen molar-refractivity contribution in [1.29, 1.82) is 0 Å². The van der Waals surface area contributed by atoms with Crippen LogP contribution in [0.15, 0.2) is 48.5 Å². The number of benzene rings is 2. The van der Waals surface area contributed by atoms with Crippen LogP contribution in [0.4, 0.5) is 4.39 Å². The topological polar surface area (TPSA) is 41.9 Å². The second-order valence-corrected chi connectivity index (χ2v) is 6.66. The number of aliphatic hydroxyl groups excluding tert-OH is 1. The van der Waals surface area contributed by atoms with Gasteiger partial charge in [-0.25, -0.2) is 4.39 Å². The first kappa shape index (κ1) is 17.1. The number of aliphatic hydroxyl groups is 1. The van der Waals surface area contributed by atoms with Gasteiger partial charge in [0.25, 0.3) is 0 Å². The van der Waals surface area contributed by atoms with Crippen molar-refractivity contribution in [2.24, 2.45) is 0 Å². The number of hydrogen-bond acceptors (Lipinski definition) is 4. The van der Waals surface area contributed by atoms with E-state index in [1.54, 1.807) is 0 Å². The van der Waals surface area contributed by atoms with Crippen molar-refractivity contribution in [2.75, 3.05) is 32.8 Å². The fraction of sp³-hybridized carbons (Fsp3) is 0.333. The van der Waals surface area contributed by atoms with Crippen LogP contribution in [0, 0.1) is 5.82 Å². The van der Waals surface area contributed by atoms with Crippen molar-refractivity contribution < 1.29 is 19.0 Å². The van der Waals surface area contributed by atoms with Crippen molar-refractivity contribution in [3.05, 3.63) is 65.5 Å². The maximum Gasteiger partial charge on any atom is 0.161 e. The highest BCUT2D eigenvalue weighted by atomic mass is 19.1. The van der Waals surface area contributed by atoms with E-state index in [0.717, 1.165) is 36.4 Å².